The second kappa shape index (κ2) is 7.30. The second-order valence-corrected chi connectivity index (χ2v) is 5.97. The van der Waals surface area contributed by atoms with Gasteiger partial charge < -0.3 is 14.6 Å². The fourth-order valence-corrected chi connectivity index (χ4v) is 3.22. The molecule has 0 aliphatic carbocycles. The molecule has 2 aliphatic heterocycles. The predicted molar refractivity (Wildman–Crippen MR) is 93.0 cm³/mol. The topological polar surface area (TPSA) is 54.0 Å². The quantitative estimate of drug-likeness (QED) is 0.915. The summed E-state index contributed by atoms with van der Waals surface area (Å²) in [6.45, 7) is 8.45. The Morgan fingerprint density at radius 2 is 2.21 bits per heavy atom. The van der Waals surface area contributed by atoms with Crippen LogP contribution >= 0.6 is 0 Å². The molecular formula is C18H25FN4O. The van der Waals surface area contributed by atoms with Crippen LogP contribution in [0.1, 0.15) is 37.2 Å². The zero-order chi connectivity index (χ0) is 17.1. The summed E-state index contributed by atoms with van der Waals surface area (Å²) in [6, 6.07) is 1.97. The van der Waals surface area contributed by atoms with Crippen LogP contribution in [0.15, 0.2) is 12.3 Å². The molecule has 2 aliphatic rings. The number of halogens is 1. The summed E-state index contributed by atoms with van der Waals surface area (Å²) in [4.78, 5) is 14.6. The van der Waals surface area contributed by atoms with Gasteiger partial charge in [-0.25, -0.2) is 14.4 Å². The van der Waals surface area contributed by atoms with E-state index in [-0.39, 0.29) is 0 Å². The van der Waals surface area contributed by atoms with Gasteiger partial charge in [0.15, 0.2) is 0 Å². The van der Waals surface area contributed by atoms with E-state index in [1.165, 1.54) is 0 Å². The van der Waals surface area contributed by atoms with Crippen LogP contribution in [0.2, 0.25) is 0 Å². The average molecular weight is 332 g/mol. The van der Waals surface area contributed by atoms with Crippen molar-refractivity contribution in [2.24, 2.45) is 0 Å². The van der Waals surface area contributed by atoms with Crippen LogP contribution in [0.25, 0.3) is 11.4 Å². The maximum Gasteiger partial charge on any atom is 0.141 e. The SMILES string of the molecule is CC.Cc1ccnc(N2CCC(F)C2)c1-c1nc2c([nH]1)COCC2. The summed E-state index contributed by atoms with van der Waals surface area (Å²) in [5.74, 6) is 1.64. The van der Waals surface area contributed by atoms with Gasteiger partial charge in [-0.1, -0.05) is 13.8 Å². The molecule has 130 valence electrons. The number of rotatable bonds is 2. The molecule has 4 heterocycles. The number of aryl methyl sites for hydroxylation is 1. The zero-order valence-electron chi connectivity index (χ0n) is 14.6. The number of imidazole rings is 1. The number of hydrogen-bond donors (Lipinski definition) is 1. The zero-order valence-corrected chi connectivity index (χ0v) is 14.6. The van der Waals surface area contributed by atoms with Gasteiger partial charge in [-0.05, 0) is 25.0 Å². The van der Waals surface area contributed by atoms with Crippen molar-refractivity contribution in [3.8, 4) is 11.4 Å². The van der Waals surface area contributed by atoms with Crippen molar-refractivity contribution in [1.29, 1.82) is 0 Å². The number of fused-ring (bicyclic) bond motifs is 1. The number of nitrogens with zero attached hydrogens (tertiary/aromatic N) is 3. The van der Waals surface area contributed by atoms with E-state index in [9.17, 15) is 4.39 Å². The number of H-pyrrole nitrogens is 1. The number of pyridine rings is 1. The molecule has 0 aromatic carbocycles. The Kier molecular flexibility index (Phi) is 5.14. The molecule has 2 aromatic heterocycles. The monoisotopic (exact) mass is 332 g/mol. The first-order valence-corrected chi connectivity index (χ1v) is 8.73. The fourth-order valence-electron chi connectivity index (χ4n) is 3.22. The smallest absolute Gasteiger partial charge is 0.141 e. The van der Waals surface area contributed by atoms with Gasteiger partial charge >= 0.3 is 0 Å². The minimum absolute atomic E-state index is 0.410. The third-order valence-corrected chi connectivity index (χ3v) is 4.40. The number of ether oxygens (including phenoxy) is 1. The Balaban J connectivity index is 0.000000815. The minimum atomic E-state index is -0.770. The van der Waals surface area contributed by atoms with E-state index in [0.29, 0.717) is 32.7 Å². The fraction of sp³-hybridized carbons (Fsp3) is 0.556. The Labute approximate surface area is 142 Å². The van der Waals surface area contributed by atoms with Crippen molar-refractivity contribution in [1.82, 2.24) is 15.0 Å². The maximum atomic E-state index is 13.6. The van der Waals surface area contributed by atoms with E-state index in [4.69, 9.17) is 9.72 Å². The summed E-state index contributed by atoms with van der Waals surface area (Å²) in [7, 11) is 0. The number of aromatic amines is 1. The molecule has 1 N–H and O–H groups in total. The largest absolute Gasteiger partial charge is 0.375 e. The van der Waals surface area contributed by atoms with Crippen molar-refractivity contribution >= 4 is 5.82 Å². The highest BCUT2D eigenvalue weighted by atomic mass is 19.1. The normalized spacial score (nSPS) is 19.7. The molecule has 1 saturated heterocycles. The maximum absolute atomic E-state index is 13.6. The van der Waals surface area contributed by atoms with Crippen molar-refractivity contribution in [3.05, 3.63) is 29.2 Å². The van der Waals surface area contributed by atoms with Crippen LogP contribution in [-0.4, -0.2) is 40.8 Å². The van der Waals surface area contributed by atoms with Gasteiger partial charge in [0, 0.05) is 19.2 Å². The number of anilines is 1. The van der Waals surface area contributed by atoms with E-state index in [2.05, 4.69) is 9.97 Å². The molecule has 1 atom stereocenters. The van der Waals surface area contributed by atoms with Crippen LogP contribution in [-0.2, 0) is 17.8 Å². The van der Waals surface area contributed by atoms with E-state index in [1.807, 2.05) is 31.7 Å². The first kappa shape index (κ1) is 16.9. The van der Waals surface area contributed by atoms with E-state index < -0.39 is 6.17 Å². The molecule has 0 amide bonds. The minimum Gasteiger partial charge on any atom is -0.375 e. The Morgan fingerprint density at radius 1 is 1.38 bits per heavy atom. The molecule has 5 nitrogen and oxygen atoms in total. The molecule has 1 fully saturated rings. The molecule has 6 heteroatoms. The third kappa shape index (κ3) is 3.15. The summed E-state index contributed by atoms with van der Waals surface area (Å²) < 4.78 is 19.0. The number of alkyl halides is 1. The second-order valence-electron chi connectivity index (χ2n) is 5.97. The van der Waals surface area contributed by atoms with Crippen LogP contribution in [0.5, 0.6) is 0 Å². The third-order valence-electron chi connectivity index (χ3n) is 4.40. The van der Waals surface area contributed by atoms with Crippen LogP contribution in [0.3, 0.4) is 0 Å². The Bertz CT molecular complexity index is 677. The molecule has 0 spiro atoms. The molecule has 0 bridgehead atoms. The van der Waals surface area contributed by atoms with Gasteiger partial charge in [-0.2, -0.15) is 0 Å². The van der Waals surface area contributed by atoms with Gasteiger partial charge in [0.25, 0.3) is 0 Å². The summed E-state index contributed by atoms with van der Waals surface area (Å²) in [5, 5.41) is 0. The number of hydrogen-bond acceptors (Lipinski definition) is 4. The first-order chi connectivity index (χ1) is 11.7. The molecule has 4 rings (SSSR count). The average Bonchev–Trinajstić information content (AvgIpc) is 3.22. The van der Waals surface area contributed by atoms with Crippen molar-refractivity contribution < 1.29 is 9.13 Å². The molecule has 1 unspecified atom stereocenters. The van der Waals surface area contributed by atoms with E-state index >= 15 is 0 Å². The van der Waals surface area contributed by atoms with Gasteiger partial charge in [0.2, 0.25) is 0 Å². The van der Waals surface area contributed by atoms with Gasteiger partial charge in [-0.15, -0.1) is 0 Å². The van der Waals surface area contributed by atoms with Gasteiger partial charge in [0.1, 0.15) is 17.8 Å². The molecule has 0 saturated carbocycles. The highest BCUT2D eigenvalue weighted by Gasteiger charge is 2.27. The lowest BCUT2D eigenvalue weighted by atomic mass is 10.1. The van der Waals surface area contributed by atoms with Crippen molar-refractivity contribution in [2.45, 2.75) is 46.4 Å². The summed E-state index contributed by atoms with van der Waals surface area (Å²) >= 11 is 0. The summed E-state index contributed by atoms with van der Waals surface area (Å²) in [6.07, 6.45) is 2.41. The lowest BCUT2D eigenvalue weighted by Gasteiger charge is -2.20. The Morgan fingerprint density at radius 3 is 2.92 bits per heavy atom. The lowest BCUT2D eigenvalue weighted by Crippen LogP contribution is -2.22. The molecule has 2 aromatic rings. The molecule has 0 radical (unpaired) electrons. The van der Waals surface area contributed by atoms with Gasteiger partial charge in [0.05, 0.1) is 36.7 Å². The van der Waals surface area contributed by atoms with E-state index in [1.54, 1.807) is 6.20 Å². The highest BCUT2D eigenvalue weighted by molar-refractivity contribution is 5.75. The van der Waals surface area contributed by atoms with Crippen molar-refractivity contribution in [2.75, 3.05) is 24.6 Å². The Hall–Kier alpha value is -1.95. The molecule has 24 heavy (non-hydrogen) atoms. The molecular weight excluding hydrogens is 307 g/mol. The number of nitrogens with one attached hydrogen (secondary N) is 1. The van der Waals surface area contributed by atoms with Gasteiger partial charge in [-0.3, -0.25) is 0 Å². The predicted octanol–water partition coefficient (Wildman–Crippen LogP) is 3.43. The first-order valence-electron chi connectivity index (χ1n) is 8.73. The lowest BCUT2D eigenvalue weighted by molar-refractivity contribution is 0.107. The number of aromatic nitrogens is 3. The van der Waals surface area contributed by atoms with Crippen molar-refractivity contribution in [3.63, 3.8) is 0 Å². The van der Waals surface area contributed by atoms with Crippen LogP contribution in [0, 0.1) is 6.92 Å². The van der Waals surface area contributed by atoms with Crippen LogP contribution < -0.4 is 4.90 Å². The standard InChI is InChI=1S/C16H19FN4O.C2H6/c1-10-2-5-18-16(21-6-3-11(17)8-21)14(10)15-19-12-4-7-22-9-13(12)20-15;1-2/h2,5,11H,3-4,6-9H2,1H3,(H,19,20);1-2H3. The summed E-state index contributed by atoms with van der Waals surface area (Å²) in [5.41, 5.74) is 4.19. The highest BCUT2D eigenvalue weighted by Crippen LogP contribution is 2.33. The van der Waals surface area contributed by atoms with E-state index in [0.717, 1.165) is 40.6 Å². The van der Waals surface area contributed by atoms with Crippen LogP contribution in [0.4, 0.5) is 10.2 Å².